The zero-order valence-corrected chi connectivity index (χ0v) is 18.6. The van der Waals surface area contributed by atoms with Gasteiger partial charge in [0.25, 0.3) is 5.91 Å². The first-order valence-corrected chi connectivity index (χ1v) is 10.8. The molecule has 1 amide bonds. The fraction of sp³-hybridized carbons (Fsp3) is 0.478. The van der Waals surface area contributed by atoms with Gasteiger partial charge >= 0.3 is 0 Å². The van der Waals surface area contributed by atoms with Gasteiger partial charge in [-0.3, -0.25) is 9.78 Å². The summed E-state index contributed by atoms with van der Waals surface area (Å²) in [5.74, 6) is -0.116. The Bertz CT molecular complexity index is 877. The molecule has 0 saturated carbocycles. The van der Waals surface area contributed by atoms with Crippen LogP contribution in [0.3, 0.4) is 0 Å². The number of pyridine rings is 1. The van der Waals surface area contributed by atoms with E-state index < -0.39 is 0 Å². The van der Waals surface area contributed by atoms with Gasteiger partial charge in [-0.1, -0.05) is 17.7 Å². The second-order valence-corrected chi connectivity index (χ2v) is 8.26. The normalized spacial score (nSPS) is 14.7. The fourth-order valence-electron chi connectivity index (χ4n) is 4.13. The first kappa shape index (κ1) is 21.6. The molecular formula is C23H31ClN4O. The van der Waals surface area contributed by atoms with Crippen molar-refractivity contribution in [1.29, 1.82) is 0 Å². The number of carbonyl (C=O) groups excluding carboxylic acids is 1. The molecule has 0 radical (unpaired) electrons. The third-order valence-corrected chi connectivity index (χ3v) is 5.95. The molecule has 1 saturated heterocycles. The van der Waals surface area contributed by atoms with Crippen molar-refractivity contribution in [3.63, 3.8) is 0 Å². The molecule has 0 bridgehead atoms. The van der Waals surface area contributed by atoms with Crippen molar-refractivity contribution < 1.29 is 4.79 Å². The van der Waals surface area contributed by atoms with E-state index in [2.05, 4.69) is 33.5 Å². The Hall–Kier alpha value is -2.11. The zero-order chi connectivity index (χ0) is 21.0. The van der Waals surface area contributed by atoms with E-state index in [4.69, 9.17) is 11.6 Å². The molecule has 5 nitrogen and oxygen atoms in total. The molecule has 0 atom stereocenters. The second-order valence-electron chi connectivity index (χ2n) is 7.82. The minimum absolute atomic E-state index is 0.116. The molecule has 0 spiro atoms. The predicted molar refractivity (Wildman–Crippen MR) is 120 cm³/mol. The van der Waals surface area contributed by atoms with Gasteiger partial charge in [0.05, 0.1) is 12.2 Å². The van der Waals surface area contributed by atoms with Crippen LogP contribution in [0, 0.1) is 20.8 Å². The highest BCUT2D eigenvalue weighted by Crippen LogP contribution is 2.31. The molecule has 0 aliphatic carbocycles. The van der Waals surface area contributed by atoms with Crippen molar-refractivity contribution in [3.8, 4) is 0 Å². The van der Waals surface area contributed by atoms with Gasteiger partial charge in [0.2, 0.25) is 0 Å². The number of anilines is 1. The van der Waals surface area contributed by atoms with Gasteiger partial charge in [0, 0.05) is 35.1 Å². The lowest BCUT2D eigenvalue weighted by Gasteiger charge is -2.37. The fourth-order valence-corrected chi connectivity index (χ4v) is 4.34. The number of benzene rings is 1. The zero-order valence-electron chi connectivity index (χ0n) is 17.8. The summed E-state index contributed by atoms with van der Waals surface area (Å²) in [6, 6.07) is 6.30. The Kier molecular flexibility index (Phi) is 7.14. The number of nitrogens with zero attached hydrogens (tertiary/aromatic N) is 2. The van der Waals surface area contributed by atoms with E-state index >= 15 is 0 Å². The van der Waals surface area contributed by atoms with E-state index in [0.717, 1.165) is 60.5 Å². The highest BCUT2D eigenvalue weighted by molar-refractivity contribution is 6.31. The van der Waals surface area contributed by atoms with Crippen molar-refractivity contribution in [2.45, 2.75) is 53.1 Å². The third kappa shape index (κ3) is 5.09. The Morgan fingerprint density at radius 1 is 1.24 bits per heavy atom. The largest absolute Gasteiger partial charge is 0.368 e. The van der Waals surface area contributed by atoms with E-state index in [1.165, 1.54) is 0 Å². The second kappa shape index (κ2) is 9.59. The van der Waals surface area contributed by atoms with Crippen LogP contribution >= 0.6 is 11.6 Å². The van der Waals surface area contributed by atoms with Crippen molar-refractivity contribution in [1.82, 2.24) is 15.6 Å². The quantitative estimate of drug-likeness (QED) is 0.744. The van der Waals surface area contributed by atoms with Crippen LogP contribution in [0.15, 0.2) is 24.4 Å². The van der Waals surface area contributed by atoms with Crippen LogP contribution in [0.25, 0.3) is 0 Å². The SMILES string of the molecule is CCN(c1cc(Cl)cc(C(=O)NCc2ncc(C)cc2C)c1C)C1CCNCC1. The molecule has 6 heteroatoms. The van der Waals surface area contributed by atoms with Gasteiger partial charge < -0.3 is 15.5 Å². The summed E-state index contributed by atoms with van der Waals surface area (Å²) in [4.78, 5) is 19.8. The molecular weight excluding hydrogens is 384 g/mol. The highest BCUT2D eigenvalue weighted by Gasteiger charge is 2.24. The number of carbonyl (C=O) groups is 1. The highest BCUT2D eigenvalue weighted by atomic mass is 35.5. The van der Waals surface area contributed by atoms with Crippen LogP contribution in [-0.4, -0.2) is 36.6 Å². The van der Waals surface area contributed by atoms with Gasteiger partial charge in [0.1, 0.15) is 0 Å². The van der Waals surface area contributed by atoms with Crippen molar-refractivity contribution >= 4 is 23.2 Å². The number of hydrogen-bond acceptors (Lipinski definition) is 4. The molecule has 2 N–H and O–H groups in total. The third-order valence-electron chi connectivity index (χ3n) is 5.73. The van der Waals surface area contributed by atoms with E-state index in [1.807, 2.05) is 33.0 Å². The van der Waals surface area contributed by atoms with Gasteiger partial charge in [-0.15, -0.1) is 0 Å². The van der Waals surface area contributed by atoms with Crippen molar-refractivity contribution in [2.75, 3.05) is 24.5 Å². The van der Waals surface area contributed by atoms with Crippen LogP contribution in [0.4, 0.5) is 5.69 Å². The van der Waals surface area contributed by atoms with Crippen LogP contribution in [-0.2, 0) is 6.54 Å². The average molecular weight is 415 g/mol. The minimum Gasteiger partial charge on any atom is -0.368 e. The molecule has 1 aliphatic rings. The first-order valence-electron chi connectivity index (χ1n) is 10.4. The molecule has 156 valence electrons. The number of rotatable bonds is 6. The molecule has 2 heterocycles. The number of amides is 1. The first-order chi connectivity index (χ1) is 13.9. The Labute approximate surface area is 178 Å². The van der Waals surface area contributed by atoms with Crippen molar-refractivity contribution in [3.05, 3.63) is 57.4 Å². The molecule has 29 heavy (non-hydrogen) atoms. The smallest absolute Gasteiger partial charge is 0.251 e. The number of piperidine rings is 1. The molecule has 1 aliphatic heterocycles. The minimum atomic E-state index is -0.116. The maximum absolute atomic E-state index is 13.0. The summed E-state index contributed by atoms with van der Waals surface area (Å²) in [6.45, 7) is 11.5. The summed E-state index contributed by atoms with van der Waals surface area (Å²) in [5.41, 5.74) is 5.74. The van der Waals surface area contributed by atoms with Gasteiger partial charge in [-0.25, -0.2) is 0 Å². The van der Waals surface area contributed by atoms with E-state index in [9.17, 15) is 4.79 Å². The van der Waals surface area contributed by atoms with Crippen LogP contribution in [0.1, 0.15) is 52.5 Å². The van der Waals surface area contributed by atoms with Crippen molar-refractivity contribution in [2.24, 2.45) is 0 Å². The molecule has 2 aromatic rings. The number of nitrogens with one attached hydrogen (secondary N) is 2. The lowest BCUT2D eigenvalue weighted by atomic mass is 10.00. The molecule has 1 fully saturated rings. The summed E-state index contributed by atoms with van der Waals surface area (Å²) >= 11 is 6.43. The average Bonchev–Trinajstić information content (AvgIpc) is 2.70. The lowest BCUT2D eigenvalue weighted by molar-refractivity contribution is 0.0949. The van der Waals surface area contributed by atoms with Gasteiger partial charge in [-0.2, -0.15) is 0 Å². The molecule has 0 unspecified atom stereocenters. The summed E-state index contributed by atoms with van der Waals surface area (Å²) in [7, 11) is 0. The summed E-state index contributed by atoms with van der Waals surface area (Å²) in [6.07, 6.45) is 4.02. The number of aryl methyl sites for hydroxylation is 2. The van der Waals surface area contributed by atoms with E-state index in [-0.39, 0.29) is 5.91 Å². The Morgan fingerprint density at radius 3 is 2.62 bits per heavy atom. The lowest BCUT2D eigenvalue weighted by Crippen LogP contribution is -2.43. The summed E-state index contributed by atoms with van der Waals surface area (Å²) < 4.78 is 0. The maximum atomic E-state index is 13.0. The monoisotopic (exact) mass is 414 g/mol. The van der Waals surface area contributed by atoms with Crippen LogP contribution in [0.5, 0.6) is 0 Å². The van der Waals surface area contributed by atoms with Crippen LogP contribution in [0.2, 0.25) is 5.02 Å². The Balaban J connectivity index is 1.82. The van der Waals surface area contributed by atoms with Gasteiger partial charge in [0.15, 0.2) is 0 Å². The van der Waals surface area contributed by atoms with E-state index in [0.29, 0.717) is 23.2 Å². The number of aromatic nitrogens is 1. The summed E-state index contributed by atoms with van der Waals surface area (Å²) in [5, 5.41) is 7.03. The molecule has 3 rings (SSSR count). The molecule has 1 aromatic heterocycles. The predicted octanol–water partition coefficient (Wildman–Crippen LogP) is 4.17. The molecule has 1 aromatic carbocycles. The van der Waals surface area contributed by atoms with Gasteiger partial charge in [-0.05, 0) is 82.4 Å². The number of halogens is 1. The number of hydrogen-bond donors (Lipinski definition) is 2. The topological polar surface area (TPSA) is 57.3 Å². The van der Waals surface area contributed by atoms with Crippen LogP contribution < -0.4 is 15.5 Å². The van der Waals surface area contributed by atoms with E-state index in [1.54, 1.807) is 6.07 Å². The maximum Gasteiger partial charge on any atom is 0.251 e. The standard InChI is InChI=1S/C23H31ClN4O/c1-5-28(19-6-8-25-9-7-19)22-12-18(24)11-20(17(22)4)23(29)27-14-21-16(3)10-15(2)13-26-21/h10-13,19,25H,5-9,14H2,1-4H3,(H,27,29). The Morgan fingerprint density at radius 2 is 1.97 bits per heavy atom.